The van der Waals surface area contributed by atoms with Crippen molar-refractivity contribution >= 4 is 28.2 Å². The van der Waals surface area contributed by atoms with Crippen molar-refractivity contribution in [2.45, 2.75) is 33.1 Å². The van der Waals surface area contributed by atoms with Gasteiger partial charge in [0, 0.05) is 6.07 Å². The average molecular weight is 352 g/mol. The van der Waals surface area contributed by atoms with Crippen LogP contribution in [0.15, 0.2) is 18.2 Å². The normalized spacial score (nSPS) is 12.0. The van der Waals surface area contributed by atoms with E-state index in [1.165, 1.54) is 0 Å². The first kappa shape index (κ1) is 18.1. The van der Waals surface area contributed by atoms with Crippen molar-refractivity contribution in [3.63, 3.8) is 0 Å². The van der Waals surface area contributed by atoms with E-state index in [1.807, 2.05) is 0 Å². The molecule has 2 aromatic rings. The van der Waals surface area contributed by atoms with Gasteiger partial charge in [0.2, 0.25) is 5.91 Å². The van der Waals surface area contributed by atoms with Crippen molar-refractivity contribution < 1.29 is 18.4 Å². The predicted octanol–water partition coefficient (Wildman–Crippen LogP) is 3.87. The number of nitrogens with two attached hydrogens (primary N) is 1. The van der Waals surface area contributed by atoms with E-state index in [0.717, 1.165) is 35.1 Å². The van der Waals surface area contributed by atoms with Crippen LogP contribution in [0.5, 0.6) is 0 Å². The fraction of sp³-hybridized carbons (Fsp3) is 0.294. The third-order valence-electron chi connectivity index (χ3n) is 3.92. The van der Waals surface area contributed by atoms with Crippen LogP contribution in [0.3, 0.4) is 0 Å². The van der Waals surface area contributed by atoms with Gasteiger partial charge in [-0.05, 0) is 49.1 Å². The maximum atomic E-state index is 13.4. The molecule has 0 radical (unpaired) electrons. The number of hydrogen-bond donors (Lipinski definition) is 2. The Morgan fingerprint density at radius 1 is 1.17 bits per heavy atom. The number of halogens is 2. The molecule has 0 aliphatic heterocycles. The van der Waals surface area contributed by atoms with Gasteiger partial charge < -0.3 is 11.1 Å². The summed E-state index contributed by atoms with van der Waals surface area (Å²) in [5, 5.41) is 3.26. The Kier molecular flexibility index (Phi) is 5.33. The molecule has 7 heteroatoms. The third kappa shape index (κ3) is 3.62. The Morgan fingerprint density at radius 2 is 1.75 bits per heavy atom. The lowest BCUT2D eigenvalue weighted by molar-refractivity contribution is -0.117. The smallest absolute Gasteiger partial charge is 0.259 e. The van der Waals surface area contributed by atoms with Crippen molar-refractivity contribution in [1.29, 1.82) is 0 Å². The van der Waals surface area contributed by atoms with Crippen LogP contribution in [0.2, 0.25) is 0 Å². The highest BCUT2D eigenvalue weighted by atomic mass is 32.1. The molecule has 0 saturated carbocycles. The second-order valence-electron chi connectivity index (χ2n) is 5.53. The van der Waals surface area contributed by atoms with Gasteiger partial charge in [0.15, 0.2) is 0 Å². The summed E-state index contributed by atoms with van der Waals surface area (Å²) in [6.45, 7) is 5.28. The highest BCUT2D eigenvalue weighted by molar-refractivity contribution is 7.18. The molecule has 24 heavy (non-hydrogen) atoms. The van der Waals surface area contributed by atoms with E-state index in [4.69, 9.17) is 5.73 Å². The third-order valence-corrected chi connectivity index (χ3v) is 5.24. The molecule has 3 N–H and O–H groups in total. The van der Waals surface area contributed by atoms with Crippen LogP contribution in [0.25, 0.3) is 0 Å². The Hall–Kier alpha value is -2.28. The minimum absolute atomic E-state index is 0.272. The molecule has 0 aliphatic rings. The molecule has 2 amide bonds. The highest BCUT2D eigenvalue weighted by Crippen LogP contribution is 2.33. The van der Waals surface area contributed by atoms with Crippen LogP contribution in [0.4, 0.5) is 13.8 Å². The van der Waals surface area contributed by atoms with E-state index in [0.29, 0.717) is 21.9 Å². The molecule has 0 fully saturated rings. The van der Waals surface area contributed by atoms with Crippen LogP contribution in [-0.4, -0.2) is 11.8 Å². The van der Waals surface area contributed by atoms with Gasteiger partial charge >= 0.3 is 0 Å². The quantitative estimate of drug-likeness (QED) is 0.857. The number of thiophene rings is 1. The summed E-state index contributed by atoms with van der Waals surface area (Å²) < 4.78 is 26.8. The number of benzene rings is 1. The monoisotopic (exact) mass is 352 g/mol. The van der Waals surface area contributed by atoms with Crippen molar-refractivity contribution in [3.8, 4) is 0 Å². The number of rotatable bonds is 5. The van der Waals surface area contributed by atoms with E-state index in [2.05, 4.69) is 5.32 Å². The van der Waals surface area contributed by atoms with E-state index < -0.39 is 23.5 Å². The summed E-state index contributed by atoms with van der Waals surface area (Å²) in [4.78, 5) is 24.3. The first-order valence-corrected chi connectivity index (χ1v) is 8.22. The molecular formula is C17H18F2N2O2S. The lowest BCUT2D eigenvalue weighted by Crippen LogP contribution is -2.21. The zero-order valence-electron chi connectivity index (χ0n) is 13.6. The number of carbonyl (C=O) groups is 2. The van der Waals surface area contributed by atoms with E-state index >= 15 is 0 Å². The van der Waals surface area contributed by atoms with Crippen molar-refractivity contribution in [2.24, 2.45) is 5.73 Å². The fourth-order valence-electron chi connectivity index (χ4n) is 2.50. The topological polar surface area (TPSA) is 72.2 Å². The van der Waals surface area contributed by atoms with Gasteiger partial charge in [-0.2, -0.15) is 0 Å². The second-order valence-corrected chi connectivity index (χ2v) is 6.55. The Labute approximate surface area is 142 Å². The molecule has 1 aromatic carbocycles. The van der Waals surface area contributed by atoms with Crippen molar-refractivity contribution in [3.05, 3.63) is 51.4 Å². The molecule has 0 bridgehead atoms. The van der Waals surface area contributed by atoms with Crippen LogP contribution in [0, 0.1) is 25.5 Å². The van der Waals surface area contributed by atoms with Crippen LogP contribution < -0.4 is 11.1 Å². The standard InChI is InChI=1S/C17H18F2N2O2S/c1-4-13(10-5-11(18)7-12(19)6-10)16(23)21-17-9(3)8(2)14(24-17)15(20)22/h5-7,13H,4H2,1-3H3,(H2,20,22)(H,21,23). The Balaban J connectivity index is 2.30. The molecule has 1 unspecified atom stereocenters. The number of carbonyl (C=O) groups excluding carboxylic acids is 2. The van der Waals surface area contributed by atoms with Gasteiger partial charge in [0.25, 0.3) is 5.91 Å². The summed E-state index contributed by atoms with van der Waals surface area (Å²) >= 11 is 1.10. The molecule has 128 valence electrons. The molecule has 1 atom stereocenters. The first-order valence-electron chi connectivity index (χ1n) is 7.41. The van der Waals surface area contributed by atoms with Gasteiger partial charge in [0.05, 0.1) is 15.8 Å². The number of primary amides is 1. The highest BCUT2D eigenvalue weighted by Gasteiger charge is 2.23. The van der Waals surface area contributed by atoms with Gasteiger partial charge in [0.1, 0.15) is 11.6 Å². The summed E-state index contributed by atoms with van der Waals surface area (Å²) in [7, 11) is 0. The predicted molar refractivity (Wildman–Crippen MR) is 90.3 cm³/mol. The molecule has 4 nitrogen and oxygen atoms in total. The number of nitrogens with one attached hydrogen (secondary N) is 1. The SMILES string of the molecule is CCC(C(=O)Nc1sc(C(N)=O)c(C)c1C)c1cc(F)cc(F)c1. The summed E-state index contributed by atoms with van der Waals surface area (Å²) in [6.07, 6.45) is 0.376. The van der Waals surface area contributed by atoms with Crippen molar-refractivity contribution in [2.75, 3.05) is 5.32 Å². The van der Waals surface area contributed by atoms with Crippen LogP contribution in [0.1, 0.15) is 45.6 Å². The summed E-state index contributed by atoms with van der Waals surface area (Å²) in [5.41, 5.74) is 7.05. The van der Waals surface area contributed by atoms with Gasteiger partial charge in [-0.15, -0.1) is 11.3 Å². The van der Waals surface area contributed by atoms with E-state index in [1.54, 1.807) is 20.8 Å². The fourth-order valence-corrected chi connectivity index (χ4v) is 3.57. The van der Waals surface area contributed by atoms with Crippen LogP contribution in [-0.2, 0) is 4.79 Å². The lowest BCUT2D eigenvalue weighted by atomic mass is 9.95. The lowest BCUT2D eigenvalue weighted by Gasteiger charge is -2.15. The number of hydrogen-bond acceptors (Lipinski definition) is 3. The molecule has 2 rings (SSSR count). The average Bonchev–Trinajstić information content (AvgIpc) is 2.75. The largest absolute Gasteiger partial charge is 0.365 e. The minimum Gasteiger partial charge on any atom is -0.365 e. The number of anilines is 1. The van der Waals surface area contributed by atoms with Crippen LogP contribution >= 0.6 is 11.3 Å². The summed E-state index contributed by atoms with van der Waals surface area (Å²) in [5.74, 6) is -3.09. The zero-order chi connectivity index (χ0) is 18.0. The Morgan fingerprint density at radius 3 is 2.21 bits per heavy atom. The molecule has 0 aliphatic carbocycles. The maximum Gasteiger partial charge on any atom is 0.259 e. The maximum absolute atomic E-state index is 13.4. The van der Waals surface area contributed by atoms with Gasteiger partial charge in [-0.1, -0.05) is 6.92 Å². The van der Waals surface area contributed by atoms with E-state index in [-0.39, 0.29) is 11.5 Å². The Bertz CT molecular complexity index is 782. The second kappa shape index (κ2) is 7.09. The molecule has 1 aromatic heterocycles. The molecule has 0 saturated heterocycles. The molecular weight excluding hydrogens is 334 g/mol. The summed E-state index contributed by atoms with van der Waals surface area (Å²) in [6, 6.07) is 3.07. The molecule has 1 heterocycles. The number of amides is 2. The minimum atomic E-state index is -0.726. The van der Waals surface area contributed by atoms with Gasteiger partial charge in [-0.3, -0.25) is 9.59 Å². The first-order chi connectivity index (χ1) is 11.2. The van der Waals surface area contributed by atoms with Gasteiger partial charge in [-0.25, -0.2) is 8.78 Å². The van der Waals surface area contributed by atoms with E-state index in [9.17, 15) is 18.4 Å². The zero-order valence-corrected chi connectivity index (χ0v) is 14.4. The molecule has 0 spiro atoms. The van der Waals surface area contributed by atoms with Crippen molar-refractivity contribution in [1.82, 2.24) is 0 Å².